The number of benzene rings is 5. The fourth-order valence-corrected chi connectivity index (χ4v) is 10.9. The molecule has 5 nitrogen and oxygen atoms in total. The first-order chi connectivity index (χ1) is 24.8. The lowest BCUT2D eigenvalue weighted by molar-refractivity contribution is -0.185. The summed E-state index contributed by atoms with van der Waals surface area (Å²) in [6, 6.07) is 48.3. The minimum Gasteiger partial charge on any atom is -0.438 e. The average molecular weight is 691 g/mol. The molecule has 1 fully saturated rings. The first-order valence-corrected chi connectivity index (χ1v) is 19.9. The van der Waals surface area contributed by atoms with Crippen molar-refractivity contribution in [2.24, 2.45) is 0 Å². The summed E-state index contributed by atoms with van der Waals surface area (Å²) in [5.41, 5.74) is 5.32. The maximum absolute atomic E-state index is 12.6. The summed E-state index contributed by atoms with van der Waals surface area (Å²) in [6.07, 6.45) is 2.41. The van der Waals surface area contributed by atoms with Crippen molar-refractivity contribution in [3.05, 3.63) is 162 Å². The quantitative estimate of drug-likeness (QED) is 0.164. The third-order valence-corrected chi connectivity index (χ3v) is 13.3. The number of oxazole rings is 1. The molecule has 6 heteroatoms. The van der Waals surface area contributed by atoms with Crippen LogP contribution in [-0.2, 0) is 22.0 Å². The van der Waals surface area contributed by atoms with E-state index < -0.39 is 20.9 Å². The Bertz CT molecular complexity index is 1980. The van der Waals surface area contributed by atoms with E-state index in [9.17, 15) is 5.11 Å². The van der Waals surface area contributed by atoms with Crippen molar-refractivity contribution >= 4 is 19.4 Å². The lowest BCUT2D eigenvalue weighted by Crippen LogP contribution is -2.63. The Morgan fingerprint density at radius 3 is 1.94 bits per heavy atom. The van der Waals surface area contributed by atoms with Crippen molar-refractivity contribution in [2.75, 3.05) is 6.54 Å². The minimum absolute atomic E-state index is 0.0722. The fourth-order valence-electron chi connectivity index (χ4n) is 8.35. The molecule has 1 aliphatic heterocycles. The third-order valence-electron chi connectivity index (χ3n) is 10.7. The van der Waals surface area contributed by atoms with Crippen LogP contribution in [0, 0.1) is 0 Å². The number of aromatic nitrogens is 1. The number of aliphatic hydroxyl groups excluding tert-OH is 1. The molecule has 5 aromatic carbocycles. The van der Waals surface area contributed by atoms with Gasteiger partial charge in [0.25, 0.3) is 0 Å². The highest BCUT2D eigenvalue weighted by atomic mass is 28.3. The van der Waals surface area contributed by atoms with Crippen LogP contribution in [0.2, 0.25) is 0 Å². The molecule has 51 heavy (non-hydrogen) atoms. The molecule has 0 saturated carbocycles. The van der Waals surface area contributed by atoms with Gasteiger partial charge < -0.3 is 13.9 Å². The third kappa shape index (κ3) is 6.21. The van der Waals surface area contributed by atoms with Gasteiger partial charge in [0.15, 0.2) is 11.5 Å². The molecule has 8 rings (SSSR count). The van der Waals surface area contributed by atoms with Crippen LogP contribution in [0.4, 0.5) is 0 Å². The first-order valence-electron chi connectivity index (χ1n) is 18.3. The van der Waals surface area contributed by atoms with Gasteiger partial charge in [0.1, 0.15) is 11.8 Å². The molecule has 1 aromatic heterocycles. The Hall–Kier alpha value is -4.59. The second kappa shape index (κ2) is 13.8. The molecular weight excluding hydrogens is 645 g/mol. The Balaban J connectivity index is 1.34. The molecular formula is C45H46N2O3Si. The van der Waals surface area contributed by atoms with Crippen molar-refractivity contribution in [2.45, 2.75) is 69.7 Å². The smallest absolute Gasteiger partial charge is 0.242 e. The molecule has 258 valence electrons. The Morgan fingerprint density at radius 1 is 0.745 bits per heavy atom. The lowest BCUT2D eigenvalue weighted by Gasteiger charge is -2.52. The predicted octanol–water partition coefficient (Wildman–Crippen LogP) is 8.16. The second-order valence-electron chi connectivity index (χ2n) is 15.0. The van der Waals surface area contributed by atoms with E-state index in [2.05, 4.69) is 129 Å². The minimum atomic E-state index is -2.38. The predicted molar refractivity (Wildman–Crippen MR) is 208 cm³/mol. The maximum Gasteiger partial charge on any atom is 0.242 e. The normalized spacial score (nSPS) is 20.8. The van der Waals surface area contributed by atoms with Crippen molar-refractivity contribution in [3.63, 3.8) is 0 Å². The van der Waals surface area contributed by atoms with Crippen molar-refractivity contribution in [1.82, 2.24) is 9.88 Å². The number of aliphatic hydroxyl groups is 1. The molecule has 3 atom stereocenters. The summed E-state index contributed by atoms with van der Waals surface area (Å²) in [6.45, 7) is 7.59. The van der Waals surface area contributed by atoms with Crippen molar-refractivity contribution < 1.29 is 13.9 Å². The van der Waals surface area contributed by atoms with Gasteiger partial charge in [-0.15, -0.1) is 0 Å². The van der Waals surface area contributed by atoms with E-state index in [0.29, 0.717) is 12.3 Å². The van der Waals surface area contributed by atoms with E-state index in [0.717, 1.165) is 54.0 Å². The van der Waals surface area contributed by atoms with E-state index >= 15 is 0 Å². The van der Waals surface area contributed by atoms with E-state index in [-0.39, 0.29) is 11.5 Å². The van der Waals surface area contributed by atoms with Gasteiger partial charge in [0.2, 0.25) is 14.9 Å². The number of nitrogens with zero attached hydrogens (tertiary/aromatic N) is 2. The van der Waals surface area contributed by atoms with E-state index in [1.807, 2.05) is 36.4 Å². The molecule has 6 aromatic rings. The molecule has 0 spiro atoms. The van der Waals surface area contributed by atoms with E-state index in [4.69, 9.17) is 13.8 Å². The molecule has 0 bridgehead atoms. The van der Waals surface area contributed by atoms with Gasteiger partial charge in [0.05, 0.1) is 6.04 Å². The standard InChI is InChI=1S/C45H46N2O3Si/c1-44(2,3)37-26-16-27-38-36(37)29-30-40(48)45(38,50-51(34-22-12-6-13-23-34)35-24-14-7-15-25-35)47-31-17-28-39(47)43-46-41(32-18-8-4-9-19-32)42(49-43)33-20-10-5-11-21-33/h4-16,18-27,39-40,48,51H,17,28-31H2,1-3H3. The molecule has 3 unspecified atom stereocenters. The van der Waals surface area contributed by atoms with Crippen molar-refractivity contribution in [3.8, 4) is 22.6 Å². The number of fused-ring (bicyclic) bond motifs is 1. The highest BCUT2D eigenvalue weighted by Gasteiger charge is 2.56. The summed E-state index contributed by atoms with van der Waals surface area (Å²) in [4.78, 5) is 7.73. The maximum atomic E-state index is 12.6. The largest absolute Gasteiger partial charge is 0.438 e. The summed E-state index contributed by atoms with van der Waals surface area (Å²) >= 11 is 0. The monoisotopic (exact) mass is 690 g/mol. The zero-order valence-electron chi connectivity index (χ0n) is 29.7. The molecule has 1 aliphatic carbocycles. The lowest BCUT2D eigenvalue weighted by atomic mass is 9.74. The van der Waals surface area contributed by atoms with Crippen LogP contribution < -0.4 is 10.4 Å². The van der Waals surface area contributed by atoms with Crippen LogP contribution in [0.1, 0.15) is 68.7 Å². The molecule has 1 N–H and O–H groups in total. The van der Waals surface area contributed by atoms with Crippen LogP contribution in [0.25, 0.3) is 22.6 Å². The van der Waals surface area contributed by atoms with Gasteiger partial charge in [-0.2, -0.15) is 0 Å². The first kappa shape index (κ1) is 33.5. The number of likely N-dealkylation sites (tertiary alicyclic amines) is 1. The van der Waals surface area contributed by atoms with Crippen LogP contribution in [-0.4, -0.2) is 36.7 Å². The van der Waals surface area contributed by atoms with Gasteiger partial charge in [-0.25, -0.2) is 4.98 Å². The van der Waals surface area contributed by atoms with E-state index in [1.54, 1.807) is 0 Å². The summed E-state index contributed by atoms with van der Waals surface area (Å²) in [5.74, 6) is 1.43. The van der Waals surface area contributed by atoms with Gasteiger partial charge in [-0.3, -0.25) is 4.90 Å². The highest BCUT2D eigenvalue weighted by Crippen LogP contribution is 2.51. The SMILES string of the molecule is CC(C)(C)c1cccc2c1CCC(O)C2(O[SiH](c1ccccc1)c1ccccc1)N1CCCC1c1nc(-c2ccccc2)c(-c2ccccc2)o1. The van der Waals surface area contributed by atoms with Gasteiger partial charge in [0, 0.05) is 23.2 Å². The van der Waals surface area contributed by atoms with Crippen LogP contribution >= 0.6 is 0 Å². The van der Waals surface area contributed by atoms with Gasteiger partial charge >= 0.3 is 0 Å². The number of hydrogen-bond acceptors (Lipinski definition) is 5. The number of rotatable bonds is 8. The Labute approximate surface area is 303 Å². The van der Waals surface area contributed by atoms with Gasteiger partial charge in [-0.1, -0.05) is 160 Å². The fraction of sp³-hybridized carbons (Fsp3) is 0.267. The van der Waals surface area contributed by atoms with Crippen LogP contribution in [0.5, 0.6) is 0 Å². The summed E-state index contributed by atoms with van der Waals surface area (Å²) in [7, 11) is -2.38. The van der Waals surface area contributed by atoms with Crippen molar-refractivity contribution in [1.29, 1.82) is 0 Å². The Kier molecular flexibility index (Phi) is 9.11. The molecule has 2 heterocycles. The molecule has 0 radical (unpaired) electrons. The molecule has 1 saturated heterocycles. The topological polar surface area (TPSA) is 58.7 Å². The number of hydrogen-bond donors (Lipinski definition) is 1. The van der Waals surface area contributed by atoms with Crippen LogP contribution in [0.15, 0.2) is 144 Å². The zero-order valence-corrected chi connectivity index (χ0v) is 30.9. The summed E-state index contributed by atoms with van der Waals surface area (Å²) < 4.78 is 14.7. The second-order valence-corrected chi connectivity index (χ2v) is 17.3. The molecule has 0 amide bonds. The average Bonchev–Trinajstić information content (AvgIpc) is 3.84. The van der Waals surface area contributed by atoms with E-state index in [1.165, 1.54) is 21.5 Å². The highest BCUT2D eigenvalue weighted by molar-refractivity contribution is 6.80. The Morgan fingerprint density at radius 2 is 1.33 bits per heavy atom. The summed E-state index contributed by atoms with van der Waals surface area (Å²) in [5, 5.41) is 15.0. The van der Waals surface area contributed by atoms with Crippen LogP contribution in [0.3, 0.4) is 0 Å². The van der Waals surface area contributed by atoms with Gasteiger partial charge in [-0.05, 0) is 52.6 Å². The zero-order chi connectivity index (χ0) is 35.0. The molecule has 2 aliphatic rings.